The van der Waals surface area contributed by atoms with Crippen LogP contribution in [0.2, 0.25) is 0 Å². The Morgan fingerprint density at radius 1 is 1.03 bits per heavy atom. The summed E-state index contributed by atoms with van der Waals surface area (Å²) >= 11 is 0. The molecule has 1 fully saturated rings. The molecule has 6 heteroatoms. The highest BCUT2D eigenvalue weighted by molar-refractivity contribution is 5.89. The molecule has 1 saturated carbocycles. The van der Waals surface area contributed by atoms with Gasteiger partial charge in [-0.25, -0.2) is 13.6 Å². The van der Waals surface area contributed by atoms with Crippen LogP contribution in [0.5, 0.6) is 5.75 Å². The minimum Gasteiger partial charge on any atom is -0.489 e. The third-order valence-corrected chi connectivity index (χ3v) is 6.91. The Bertz CT molecular complexity index is 1400. The van der Waals surface area contributed by atoms with Crippen molar-refractivity contribution in [1.82, 2.24) is 4.57 Å². The molecule has 0 saturated heterocycles. The molecule has 4 nitrogen and oxygen atoms in total. The zero-order chi connectivity index (χ0) is 25.4. The van der Waals surface area contributed by atoms with Gasteiger partial charge in [0.05, 0.1) is 5.56 Å². The van der Waals surface area contributed by atoms with Gasteiger partial charge in [-0.15, -0.1) is 0 Å². The molecular formula is C30H29F2NO3. The molecule has 1 aliphatic rings. The van der Waals surface area contributed by atoms with Crippen molar-refractivity contribution in [2.75, 3.05) is 0 Å². The van der Waals surface area contributed by atoms with Crippen LogP contribution in [0.3, 0.4) is 0 Å². The third kappa shape index (κ3) is 4.72. The van der Waals surface area contributed by atoms with E-state index in [9.17, 15) is 18.7 Å². The summed E-state index contributed by atoms with van der Waals surface area (Å²) in [6, 6.07) is 22.4. The van der Waals surface area contributed by atoms with Crippen LogP contribution in [0.15, 0.2) is 72.8 Å². The topological polar surface area (TPSA) is 51.5 Å². The van der Waals surface area contributed by atoms with Crippen LogP contribution < -0.4 is 4.74 Å². The number of carbonyl (C=O) groups is 1. The molecule has 0 unspecified atom stereocenters. The molecule has 186 valence electrons. The Hall–Kier alpha value is -3.67. The zero-order valence-corrected chi connectivity index (χ0v) is 20.4. The minimum absolute atomic E-state index is 0.0953. The van der Waals surface area contributed by atoms with Crippen LogP contribution in [-0.2, 0) is 13.0 Å². The summed E-state index contributed by atoms with van der Waals surface area (Å²) in [5.41, 5.74) is 5.11. The Kier molecular flexibility index (Phi) is 6.29. The van der Waals surface area contributed by atoms with Crippen LogP contribution in [0.25, 0.3) is 10.9 Å². The molecule has 36 heavy (non-hydrogen) atoms. The molecule has 0 atom stereocenters. The first kappa shape index (κ1) is 24.0. The standard InChI is InChI=1S/C30H29F2NO3/c1-19(2)28-26(14-21-9-6-10-22(13-21)29(34)35)25-15-24(36-18-20-7-4-3-5-8-20)11-12-27(25)33(28)23-16-30(31,32)17-23/h3-13,15,19,23H,14,16-18H2,1-2H3,(H,34,35). The second-order valence-electron chi connectivity index (χ2n) is 9.94. The van der Waals surface area contributed by atoms with E-state index in [-0.39, 0.29) is 30.4 Å². The van der Waals surface area contributed by atoms with E-state index in [0.29, 0.717) is 18.8 Å². The number of hydrogen-bond donors (Lipinski definition) is 1. The largest absolute Gasteiger partial charge is 0.489 e. The van der Waals surface area contributed by atoms with Crippen molar-refractivity contribution in [2.24, 2.45) is 0 Å². The van der Waals surface area contributed by atoms with Crippen LogP contribution in [-0.4, -0.2) is 21.6 Å². The van der Waals surface area contributed by atoms with Gasteiger partial charge in [-0.1, -0.05) is 56.3 Å². The van der Waals surface area contributed by atoms with Gasteiger partial charge < -0.3 is 14.4 Å². The van der Waals surface area contributed by atoms with Crippen LogP contribution in [0.4, 0.5) is 8.78 Å². The summed E-state index contributed by atoms with van der Waals surface area (Å²) < 4.78 is 36.0. The molecule has 1 aromatic heterocycles. The average Bonchev–Trinajstić information content (AvgIpc) is 3.15. The lowest BCUT2D eigenvalue weighted by molar-refractivity contribution is -0.103. The first-order valence-electron chi connectivity index (χ1n) is 12.3. The third-order valence-electron chi connectivity index (χ3n) is 6.91. The van der Waals surface area contributed by atoms with E-state index in [2.05, 4.69) is 18.4 Å². The normalized spacial score (nSPS) is 15.2. The predicted molar refractivity (Wildman–Crippen MR) is 136 cm³/mol. The zero-order valence-electron chi connectivity index (χ0n) is 20.4. The molecule has 1 N–H and O–H groups in total. The molecular weight excluding hydrogens is 460 g/mol. The lowest BCUT2D eigenvalue weighted by Gasteiger charge is -2.38. The summed E-state index contributed by atoms with van der Waals surface area (Å²) in [6.45, 7) is 4.58. The quantitative estimate of drug-likeness (QED) is 0.277. The van der Waals surface area contributed by atoms with E-state index in [0.717, 1.165) is 33.3 Å². The van der Waals surface area contributed by atoms with Gasteiger partial charge in [0, 0.05) is 35.5 Å². The van der Waals surface area contributed by atoms with Gasteiger partial charge in [0.1, 0.15) is 12.4 Å². The van der Waals surface area contributed by atoms with Gasteiger partial charge in [0.15, 0.2) is 0 Å². The first-order chi connectivity index (χ1) is 17.2. The van der Waals surface area contributed by atoms with Crippen molar-refractivity contribution in [2.45, 2.75) is 57.6 Å². The Morgan fingerprint density at radius 3 is 2.42 bits per heavy atom. The van der Waals surface area contributed by atoms with E-state index in [1.165, 1.54) is 0 Å². The number of rotatable bonds is 8. The van der Waals surface area contributed by atoms with Gasteiger partial charge in [-0.3, -0.25) is 0 Å². The van der Waals surface area contributed by atoms with Gasteiger partial charge in [0.2, 0.25) is 0 Å². The van der Waals surface area contributed by atoms with Crippen LogP contribution in [0, 0.1) is 0 Å². The number of nitrogens with zero attached hydrogens (tertiary/aromatic N) is 1. The maximum atomic E-state index is 13.9. The molecule has 0 spiro atoms. The van der Waals surface area contributed by atoms with E-state index < -0.39 is 11.9 Å². The number of ether oxygens (including phenoxy) is 1. The van der Waals surface area contributed by atoms with Crippen molar-refractivity contribution >= 4 is 16.9 Å². The fourth-order valence-electron chi connectivity index (χ4n) is 5.25. The summed E-state index contributed by atoms with van der Waals surface area (Å²) in [5, 5.41) is 10.4. The van der Waals surface area contributed by atoms with Gasteiger partial charge in [-0.2, -0.15) is 0 Å². The number of hydrogen-bond acceptors (Lipinski definition) is 2. The molecule has 1 aliphatic carbocycles. The SMILES string of the molecule is CC(C)c1c(Cc2cccc(C(=O)O)c2)c2cc(OCc3ccccc3)ccc2n1C1CC(F)(F)C1. The molecule has 5 rings (SSSR count). The number of carboxylic acid groups (broad SMARTS) is 1. The fraction of sp³-hybridized carbons (Fsp3) is 0.300. The maximum absolute atomic E-state index is 13.9. The molecule has 0 amide bonds. The highest BCUT2D eigenvalue weighted by Gasteiger charge is 2.47. The first-order valence-corrected chi connectivity index (χ1v) is 12.3. The number of halogens is 2. The Balaban J connectivity index is 1.60. The van der Waals surface area contributed by atoms with Crippen molar-refractivity contribution in [3.05, 3.63) is 101 Å². The average molecular weight is 490 g/mol. The second kappa shape index (κ2) is 9.41. The van der Waals surface area contributed by atoms with E-state index in [4.69, 9.17) is 4.74 Å². The molecule has 1 heterocycles. The number of alkyl halides is 2. The number of fused-ring (bicyclic) bond motifs is 1. The highest BCUT2D eigenvalue weighted by Crippen LogP contribution is 2.49. The lowest BCUT2D eigenvalue weighted by Crippen LogP contribution is -2.37. The van der Waals surface area contributed by atoms with Crippen molar-refractivity contribution in [1.29, 1.82) is 0 Å². The number of aromatic nitrogens is 1. The number of benzene rings is 3. The minimum atomic E-state index is -2.63. The fourth-order valence-corrected chi connectivity index (χ4v) is 5.25. The van der Waals surface area contributed by atoms with E-state index in [1.54, 1.807) is 18.2 Å². The monoisotopic (exact) mass is 489 g/mol. The molecule has 0 bridgehead atoms. The van der Waals surface area contributed by atoms with Crippen molar-refractivity contribution in [3.8, 4) is 5.75 Å². The van der Waals surface area contributed by atoms with E-state index >= 15 is 0 Å². The van der Waals surface area contributed by atoms with Gasteiger partial charge in [0.25, 0.3) is 5.92 Å². The predicted octanol–water partition coefficient (Wildman–Crippen LogP) is 7.60. The Morgan fingerprint density at radius 2 is 1.75 bits per heavy atom. The van der Waals surface area contributed by atoms with Gasteiger partial charge in [-0.05, 0) is 59.4 Å². The summed E-state index contributed by atoms with van der Waals surface area (Å²) in [6.07, 6.45) is 0.163. The molecule has 3 aromatic carbocycles. The van der Waals surface area contributed by atoms with Crippen molar-refractivity contribution in [3.63, 3.8) is 0 Å². The van der Waals surface area contributed by atoms with Crippen molar-refractivity contribution < 1.29 is 23.4 Å². The van der Waals surface area contributed by atoms with Gasteiger partial charge >= 0.3 is 5.97 Å². The Labute approximate surface area is 209 Å². The summed E-state index contributed by atoms with van der Waals surface area (Å²) in [5.74, 6) is -2.81. The molecule has 0 radical (unpaired) electrons. The smallest absolute Gasteiger partial charge is 0.335 e. The molecule has 4 aromatic rings. The highest BCUT2D eigenvalue weighted by atomic mass is 19.3. The lowest BCUT2D eigenvalue weighted by atomic mass is 9.87. The number of aromatic carboxylic acids is 1. The maximum Gasteiger partial charge on any atom is 0.335 e. The number of carboxylic acids is 1. The van der Waals surface area contributed by atoms with Crippen LogP contribution >= 0.6 is 0 Å². The van der Waals surface area contributed by atoms with E-state index in [1.807, 2.05) is 54.6 Å². The summed E-state index contributed by atoms with van der Waals surface area (Å²) in [7, 11) is 0. The summed E-state index contributed by atoms with van der Waals surface area (Å²) in [4.78, 5) is 11.5. The molecule has 0 aliphatic heterocycles. The van der Waals surface area contributed by atoms with Crippen LogP contribution in [0.1, 0.15) is 71.4 Å². The second-order valence-corrected chi connectivity index (χ2v) is 9.94.